The predicted molar refractivity (Wildman–Crippen MR) is 63.4 cm³/mol. The molecule has 0 aromatic heterocycles. The van der Waals surface area contributed by atoms with Crippen LogP contribution in [0.25, 0.3) is 0 Å². The normalized spacial score (nSPS) is 14.2. The van der Waals surface area contributed by atoms with Gasteiger partial charge in [-0.3, -0.25) is 0 Å². The Morgan fingerprint density at radius 3 is 2.62 bits per heavy atom. The van der Waals surface area contributed by atoms with E-state index in [0.29, 0.717) is 19.8 Å². The summed E-state index contributed by atoms with van der Waals surface area (Å²) in [6.45, 7) is 7.33. The van der Waals surface area contributed by atoms with Gasteiger partial charge in [-0.25, -0.2) is 4.79 Å². The maximum absolute atomic E-state index is 11.5. The molecule has 5 heteroatoms. The van der Waals surface area contributed by atoms with Crippen LogP contribution in [0.5, 0.6) is 0 Å². The van der Waals surface area contributed by atoms with Crippen molar-refractivity contribution in [1.82, 2.24) is 10.6 Å². The van der Waals surface area contributed by atoms with Crippen molar-refractivity contribution in [3.63, 3.8) is 0 Å². The average molecular weight is 232 g/mol. The maximum atomic E-state index is 11.5. The molecule has 0 heterocycles. The monoisotopic (exact) mass is 232 g/mol. The van der Waals surface area contributed by atoms with Crippen molar-refractivity contribution in [3.05, 3.63) is 0 Å². The number of hydrogen-bond acceptors (Lipinski definition) is 3. The summed E-state index contributed by atoms with van der Waals surface area (Å²) in [4.78, 5) is 11.5. The second-order valence-electron chi connectivity index (χ2n) is 4.05. The molecule has 0 aliphatic rings. The van der Waals surface area contributed by atoms with Gasteiger partial charge in [-0.1, -0.05) is 13.3 Å². The first-order chi connectivity index (χ1) is 7.58. The SMILES string of the molecule is CCCC(C)(CO)NC(=O)NCCOCC. The number of carbonyl (C=O) groups is 1. The zero-order valence-corrected chi connectivity index (χ0v) is 10.5. The molecule has 0 spiro atoms. The van der Waals surface area contributed by atoms with Gasteiger partial charge >= 0.3 is 6.03 Å². The van der Waals surface area contributed by atoms with Crippen LogP contribution in [0.3, 0.4) is 0 Å². The minimum absolute atomic E-state index is 0.0558. The topological polar surface area (TPSA) is 70.6 Å². The molecule has 0 saturated heterocycles. The smallest absolute Gasteiger partial charge is 0.315 e. The van der Waals surface area contributed by atoms with Gasteiger partial charge in [-0.15, -0.1) is 0 Å². The lowest BCUT2D eigenvalue weighted by Crippen LogP contribution is -2.52. The zero-order valence-electron chi connectivity index (χ0n) is 10.5. The second kappa shape index (κ2) is 8.35. The first-order valence-corrected chi connectivity index (χ1v) is 5.82. The Balaban J connectivity index is 3.82. The summed E-state index contributed by atoms with van der Waals surface area (Å²) in [5.74, 6) is 0. The summed E-state index contributed by atoms with van der Waals surface area (Å²) < 4.78 is 5.10. The predicted octanol–water partition coefficient (Wildman–Crippen LogP) is 0.873. The lowest BCUT2D eigenvalue weighted by Gasteiger charge is -2.28. The van der Waals surface area contributed by atoms with Crippen LogP contribution >= 0.6 is 0 Å². The Bertz CT molecular complexity index is 200. The third kappa shape index (κ3) is 6.63. The number of nitrogens with one attached hydrogen (secondary N) is 2. The molecule has 5 nitrogen and oxygen atoms in total. The van der Waals surface area contributed by atoms with Crippen molar-refractivity contribution in [3.8, 4) is 0 Å². The molecular weight excluding hydrogens is 208 g/mol. The van der Waals surface area contributed by atoms with E-state index in [-0.39, 0.29) is 12.6 Å². The number of amides is 2. The van der Waals surface area contributed by atoms with Crippen molar-refractivity contribution in [2.24, 2.45) is 0 Å². The lowest BCUT2D eigenvalue weighted by molar-refractivity contribution is 0.144. The summed E-state index contributed by atoms with van der Waals surface area (Å²) >= 11 is 0. The number of hydrogen-bond donors (Lipinski definition) is 3. The van der Waals surface area contributed by atoms with Crippen molar-refractivity contribution in [1.29, 1.82) is 0 Å². The molecule has 0 bridgehead atoms. The van der Waals surface area contributed by atoms with Crippen LogP contribution in [0.2, 0.25) is 0 Å². The third-order valence-corrected chi connectivity index (χ3v) is 2.30. The molecule has 2 amide bonds. The van der Waals surface area contributed by atoms with Crippen LogP contribution in [0, 0.1) is 0 Å². The average Bonchev–Trinajstić information content (AvgIpc) is 2.25. The van der Waals surface area contributed by atoms with Crippen molar-refractivity contribution in [2.45, 2.75) is 39.2 Å². The van der Waals surface area contributed by atoms with E-state index in [1.165, 1.54) is 0 Å². The van der Waals surface area contributed by atoms with Crippen molar-refractivity contribution < 1.29 is 14.6 Å². The molecule has 0 aromatic carbocycles. The minimum atomic E-state index is -0.537. The van der Waals surface area contributed by atoms with Gasteiger partial charge in [0.2, 0.25) is 0 Å². The molecule has 0 aromatic rings. The molecule has 0 rings (SSSR count). The maximum Gasteiger partial charge on any atom is 0.315 e. The van der Waals surface area contributed by atoms with E-state index < -0.39 is 5.54 Å². The van der Waals surface area contributed by atoms with E-state index in [4.69, 9.17) is 4.74 Å². The summed E-state index contributed by atoms with van der Waals surface area (Å²) in [5, 5.41) is 14.7. The van der Waals surface area contributed by atoms with Gasteiger partial charge in [0.25, 0.3) is 0 Å². The highest BCUT2D eigenvalue weighted by atomic mass is 16.5. The van der Waals surface area contributed by atoms with Crippen LogP contribution < -0.4 is 10.6 Å². The van der Waals surface area contributed by atoms with E-state index >= 15 is 0 Å². The molecule has 0 saturated carbocycles. The summed E-state index contributed by atoms with van der Waals surface area (Å²) in [5.41, 5.74) is -0.537. The molecule has 0 radical (unpaired) electrons. The highest BCUT2D eigenvalue weighted by molar-refractivity contribution is 5.74. The molecule has 0 aliphatic heterocycles. The number of ether oxygens (including phenoxy) is 1. The van der Waals surface area contributed by atoms with Gasteiger partial charge in [-0.05, 0) is 20.3 Å². The van der Waals surface area contributed by atoms with Gasteiger partial charge in [0, 0.05) is 13.2 Å². The Hall–Kier alpha value is -0.810. The molecule has 16 heavy (non-hydrogen) atoms. The first kappa shape index (κ1) is 15.2. The van der Waals surface area contributed by atoms with E-state index in [0.717, 1.165) is 12.8 Å². The highest BCUT2D eigenvalue weighted by Gasteiger charge is 2.23. The lowest BCUT2D eigenvalue weighted by atomic mass is 9.98. The van der Waals surface area contributed by atoms with Crippen LogP contribution in [0.4, 0.5) is 4.79 Å². The Kier molecular flexibility index (Phi) is 7.93. The van der Waals surface area contributed by atoms with Gasteiger partial charge in [0.15, 0.2) is 0 Å². The third-order valence-electron chi connectivity index (χ3n) is 2.30. The van der Waals surface area contributed by atoms with Crippen molar-refractivity contribution >= 4 is 6.03 Å². The van der Waals surface area contributed by atoms with Gasteiger partial charge in [0.05, 0.1) is 18.8 Å². The van der Waals surface area contributed by atoms with E-state index in [9.17, 15) is 9.90 Å². The molecule has 1 atom stereocenters. The summed E-state index contributed by atoms with van der Waals surface area (Å²) in [6, 6.07) is -0.260. The van der Waals surface area contributed by atoms with E-state index in [2.05, 4.69) is 10.6 Å². The minimum Gasteiger partial charge on any atom is -0.394 e. The fraction of sp³-hybridized carbons (Fsp3) is 0.909. The summed E-state index contributed by atoms with van der Waals surface area (Å²) in [7, 11) is 0. The van der Waals surface area contributed by atoms with Crippen molar-refractivity contribution in [2.75, 3.05) is 26.4 Å². The Labute approximate surface area is 97.6 Å². The number of urea groups is 1. The molecule has 0 fully saturated rings. The standard InChI is InChI=1S/C11H24N2O3/c1-4-6-11(3,9-14)13-10(15)12-7-8-16-5-2/h14H,4-9H2,1-3H3,(H2,12,13,15). The van der Waals surface area contributed by atoms with Gasteiger partial charge in [0.1, 0.15) is 0 Å². The molecular formula is C11H24N2O3. The Morgan fingerprint density at radius 2 is 2.12 bits per heavy atom. The number of carbonyl (C=O) groups excluding carboxylic acids is 1. The number of aliphatic hydroxyl groups is 1. The summed E-state index contributed by atoms with van der Waals surface area (Å²) in [6.07, 6.45) is 1.67. The van der Waals surface area contributed by atoms with E-state index in [1.807, 2.05) is 20.8 Å². The molecule has 3 N–H and O–H groups in total. The second-order valence-corrected chi connectivity index (χ2v) is 4.05. The quantitative estimate of drug-likeness (QED) is 0.544. The zero-order chi connectivity index (χ0) is 12.4. The highest BCUT2D eigenvalue weighted by Crippen LogP contribution is 2.10. The van der Waals surface area contributed by atoms with Gasteiger partial charge in [-0.2, -0.15) is 0 Å². The first-order valence-electron chi connectivity index (χ1n) is 5.82. The van der Waals surface area contributed by atoms with Crippen LogP contribution in [0.15, 0.2) is 0 Å². The van der Waals surface area contributed by atoms with Crippen LogP contribution in [0.1, 0.15) is 33.6 Å². The van der Waals surface area contributed by atoms with Crippen LogP contribution in [-0.4, -0.2) is 43.0 Å². The fourth-order valence-corrected chi connectivity index (χ4v) is 1.43. The Morgan fingerprint density at radius 1 is 1.44 bits per heavy atom. The molecule has 1 unspecified atom stereocenters. The van der Waals surface area contributed by atoms with E-state index in [1.54, 1.807) is 0 Å². The largest absolute Gasteiger partial charge is 0.394 e. The number of rotatable bonds is 8. The van der Waals surface area contributed by atoms with Gasteiger partial charge < -0.3 is 20.5 Å². The molecule has 96 valence electrons. The molecule has 0 aliphatic carbocycles. The fourth-order valence-electron chi connectivity index (χ4n) is 1.43. The number of aliphatic hydroxyl groups excluding tert-OH is 1. The van der Waals surface area contributed by atoms with Crippen LogP contribution in [-0.2, 0) is 4.74 Å².